The first-order valence-electron chi connectivity index (χ1n) is 17.7. The van der Waals surface area contributed by atoms with Crippen LogP contribution in [0.1, 0.15) is 11.1 Å². The summed E-state index contributed by atoms with van der Waals surface area (Å²) in [6.07, 6.45) is 0.970. The lowest BCUT2D eigenvalue weighted by Crippen LogP contribution is -1.96. The van der Waals surface area contributed by atoms with Crippen LogP contribution in [-0.2, 0) is 6.42 Å². The Labute approximate surface area is 296 Å². The van der Waals surface area contributed by atoms with Gasteiger partial charge in [0.2, 0.25) is 0 Å². The summed E-state index contributed by atoms with van der Waals surface area (Å²) in [5.74, 6) is 0. The highest BCUT2D eigenvalue weighted by Gasteiger charge is 2.25. The van der Waals surface area contributed by atoms with Crippen LogP contribution in [0.5, 0.6) is 0 Å². The Balaban J connectivity index is 1.14. The second-order valence-corrected chi connectivity index (χ2v) is 13.7. The van der Waals surface area contributed by atoms with Crippen LogP contribution >= 0.6 is 0 Å². The third kappa shape index (κ3) is 4.23. The second-order valence-electron chi connectivity index (χ2n) is 13.7. The minimum atomic E-state index is 0.970. The molecular formula is C49H32N2. The van der Waals surface area contributed by atoms with Gasteiger partial charge in [-0.25, -0.2) is 0 Å². The summed E-state index contributed by atoms with van der Waals surface area (Å²) in [4.78, 5) is 0. The lowest BCUT2D eigenvalue weighted by Gasteiger charge is -2.13. The van der Waals surface area contributed by atoms with Gasteiger partial charge in [0, 0.05) is 38.5 Å². The Morgan fingerprint density at radius 3 is 1.69 bits per heavy atom. The number of rotatable bonds is 4. The fourth-order valence-corrected chi connectivity index (χ4v) is 8.61. The molecule has 2 heteroatoms. The molecule has 2 heterocycles. The highest BCUT2D eigenvalue weighted by Crippen LogP contribution is 2.46. The van der Waals surface area contributed by atoms with Gasteiger partial charge in [-0.15, -0.1) is 0 Å². The summed E-state index contributed by atoms with van der Waals surface area (Å²) in [6.45, 7) is 0. The van der Waals surface area contributed by atoms with Gasteiger partial charge in [0.25, 0.3) is 0 Å². The SMILES string of the molecule is c1ccc(-c2ccc(-n3c4ccc(-c5ccc6c(c5)c5ccccc5n6-c5ccccc5)cc4c4ccc5c(c43)-c3ccccc3C5)cc2)cc1. The molecule has 51 heavy (non-hydrogen) atoms. The largest absolute Gasteiger partial charge is 0.309 e. The van der Waals surface area contributed by atoms with E-state index in [-0.39, 0.29) is 0 Å². The summed E-state index contributed by atoms with van der Waals surface area (Å²) in [7, 11) is 0. The van der Waals surface area contributed by atoms with Crippen molar-refractivity contribution in [3.8, 4) is 44.8 Å². The van der Waals surface area contributed by atoms with Crippen molar-refractivity contribution in [2.45, 2.75) is 6.42 Å². The smallest absolute Gasteiger partial charge is 0.0622 e. The number of para-hydroxylation sites is 2. The molecular weight excluding hydrogens is 617 g/mol. The maximum absolute atomic E-state index is 2.50. The van der Waals surface area contributed by atoms with Gasteiger partial charge in [0.15, 0.2) is 0 Å². The molecule has 0 amide bonds. The van der Waals surface area contributed by atoms with E-state index in [0.717, 1.165) is 6.42 Å². The molecule has 0 radical (unpaired) electrons. The average Bonchev–Trinajstić information content (AvgIpc) is 3.86. The van der Waals surface area contributed by atoms with Crippen molar-refractivity contribution in [1.29, 1.82) is 0 Å². The first-order valence-corrected chi connectivity index (χ1v) is 17.7. The molecule has 0 saturated carbocycles. The molecule has 2 nitrogen and oxygen atoms in total. The first-order chi connectivity index (χ1) is 25.3. The standard InChI is InChI=1S/C49H32N2/c1-3-11-32(12-4-1)33-19-24-39(25-20-33)51-47-28-23-35(31-44(47)42-26-21-37-29-36-13-7-8-16-40(36)48(37)49(42)51)34-22-27-46-43(30-34)41-17-9-10-18-45(41)50(46)38-14-5-2-6-15-38/h1-28,30-31H,29H2. The van der Waals surface area contributed by atoms with E-state index in [1.54, 1.807) is 0 Å². The molecule has 0 saturated heterocycles. The highest BCUT2D eigenvalue weighted by atomic mass is 15.0. The summed E-state index contributed by atoms with van der Waals surface area (Å²) >= 11 is 0. The predicted octanol–water partition coefficient (Wildman–Crippen LogP) is 12.8. The Kier molecular flexibility index (Phi) is 6.05. The number of hydrogen-bond donors (Lipinski definition) is 0. The topological polar surface area (TPSA) is 9.86 Å². The monoisotopic (exact) mass is 648 g/mol. The molecule has 11 rings (SSSR count). The Morgan fingerprint density at radius 1 is 0.333 bits per heavy atom. The number of aromatic nitrogens is 2. The minimum absolute atomic E-state index is 0.970. The minimum Gasteiger partial charge on any atom is -0.309 e. The number of fused-ring (bicyclic) bond motifs is 10. The van der Waals surface area contributed by atoms with Crippen molar-refractivity contribution < 1.29 is 0 Å². The fraction of sp³-hybridized carbons (Fsp3) is 0.0204. The number of hydrogen-bond acceptors (Lipinski definition) is 0. The molecule has 2 aromatic heterocycles. The van der Waals surface area contributed by atoms with E-state index in [4.69, 9.17) is 0 Å². The van der Waals surface area contributed by atoms with Crippen LogP contribution in [0.2, 0.25) is 0 Å². The van der Waals surface area contributed by atoms with Crippen molar-refractivity contribution in [2.75, 3.05) is 0 Å². The van der Waals surface area contributed by atoms with Crippen molar-refractivity contribution in [1.82, 2.24) is 9.13 Å². The van der Waals surface area contributed by atoms with Gasteiger partial charge >= 0.3 is 0 Å². The predicted molar refractivity (Wildman–Crippen MR) is 214 cm³/mol. The maximum Gasteiger partial charge on any atom is 0.0622 e. The molecule has 8 aromatic carbocycles. The van der Waals surface area contributed by atoms with Crippen LogP contribution in [0.25, 0.3) is 88.4 Å². The normalized spacial score (nSPS) is 12.2. The van der Waals surface area contributed by atoms with Crippen molar-refractivity contribution in [3.05, 3.63) is 193 Å². The van der Waals surface area contributed by atoms with Crippen LogP contribution in [0, 0.1) is 0 Å². The van der Waals surface area contributed by atoms with Gasteiger partial charge < -0.3 is 9.13 Å². The molecule has 238 valence electrons. The van der Waals surface area contributed by atoms with Gasteiger partial charge in [-0.1, -0.05) is 127 Å². The lowest BCUT2D eigenvalue weighted by molar-refractivity contribution is 1.18. The van der Waals surface area contributed by atoms with Crippen molar-refractivity contribution in [2.24, 2.45) is 0 Å². The fourth-order valence-electron chi connectivity index (χ4n) is 8.61. The van der Waals surface area contributed by atoms with Crippen molar-refractivity contribution in [3.63, 3.8) is 0 Å². The molecule has 0 fully saturated rings. The van der Waals surface area contributed by atoms with E-state index in [0.29, 0.717) is 0 Å². The lowest BCUT2D eigenvalue weighted by atomic mass is 9.99. The van der Waals surface area contributed by atoms with Gasteiger partial charge in [-0.05, 0) is 100.0 Å². The molecule has 0 unspecified atom stereocenters. The Bertz CT molecular complexity index is 2960. The quantitative estimate of drug-likeness (QED) is 0.180. The van der Waals surface area contributed by atoms with Gasteiger partial charge in [0.1, 0.15) is 0 Å². The molecule has 0 bridgehead atoms. The molecule has 0 N–H and O–H groups in total. The summed E-state index contributed by atoms with van der Waals surface area (Å²) in [5.41, 5.74) is 17.7. The third-order valence-electron chi connectivity index (χ3n) is 10.9. The van der Waals surface area contributed by atoms with Crippen LogP contribution in [0.3, 0.4) is 0 Å². The van der Waals surface area contributed by atoms with Gasteiger partial charge in [0.05, 0.1) is 22.1 Å². The molecule has 1 aliphatic carbocycles. The zero-order chi connectivity index (χ0) is 33.5. The van der Waals surface area contributed by atoms with Crippen LogP contribution < -0.4 is 0 Å². The summed E-state index contributed by atoms with van der Waals surface area (Å²) < 4.78 is 4.88. The van der Waals surface area contributed by atoms with E-state index in [1.807, 2.05) is 0 Å². The van der Waals surface area contributed by atoms with Gasteiger partial charge in [-0.3, -0.25) is 0 Å². The molecule has 1 aliphatic rings. The zero-order valence-corrected chi connectivity index (χ0v) is 27.9. The average molecular weight is 649 g/mol. The molecule has 10 aromatic rings. The number of nitrogens with zero attached hydrogens (tertiary/aromatic N) is 2. The molecule has 0 aliphatic heterocycles. The summed E-state index contributed by atoms with van der Waals surface area (Å²) in [5, 5.41) is 5.09. The van der Waals surface area contributed by atoms with E-state index in [1.165, 1.54) is 99.5 Å². The number of benzene rings is 8. The third-order valence-corrected chi connectivity index (χ3v) is 10.9. The first kappa shape index (κ1) is 28.2. The van der Waals surface area contributed by atoms with E-state index < -0.39 is 0 Å². The van der Waals surface area contributed by atoms with Gasteiger partial charge in [-0.2, -0.15) is 0 Å². The molecule has 0 spiro atoms. The maximum atomic E-state index is 2.50. The second kappa shape index (κ2) is 10.9. The van der Waals surface area contributed by atoms with Crippen molar-refractivity contribution >= 4 is 43.6 Å². The van der Waals surface area contributed by atoms with Crippen LogP contribution in [0.4, 0.5) is 0 Å². The highest BCUT2D eigenvalue weighted by molar-refractivity contribution is 6.16. The Hall–Kier alpha value is -6.64. The Morgan fingerprint density at radius 2 is 0.902 bits per heavy atom. The van der Waals surface area contributed by atoms with E-state index in [9.17, 15) is 0 Å². The van der Waals surface area contributed by atoms with E-state index in [2.05, 4.69) is 191 Å². The van der Waals surface area contributed by atoms with Crippen LogP contribution in [0.15, 0.2) is 182 Å². The zero-order valence-electron chi connectivity index (χ0n) is 27.9. The van der Waals surface area contributed by atoms with Crippen LogP contribution in [-0.4, -0.2) is 9.13 Å². The summed E-state index contributed by atoms with van der Waals surface area (Å²) in [6, 6.07) is 66.8. The van der Waals surface area contributed by atoms with E-state index >= 15 is 0 Å². The molecule has 0 atom stereocenters.